The van der Waals surface area contributed by atoms with Gasteiger partial charge in [-0.3, -0.25) is 0 Å². The number of amides is 1. The molecule has 1 unspecified atom stereocenters. The molecule has 15 heavy (non-hydrogen) atoms. The number of nitrogens with one attached hydrogen (secondary N) is 1. The molecule has 1 aromatic rings. The molecule has 4 nitrogen and oxygen atoms in total. The summed E-state index contributed by atoms with van der Waals surface area (Å²) in [4.78, 5) is 11.0. The fraction of sp³-hybridized carbons (Fsp3) is 0.364. The Hall–Kier alpha value is -1.71. The summed E-state index contributed by atoms with van der Waals surface area (Å²) in [5.41, 5.74) is 2.18. The van der Waals surface area contributed by atoms with Gasteiger partial charge in [-0.05, 0) is 5.56 Å². The Labute approximate surface area is 87.2 Å². The molecule has 2 aliphatic rings. The van der Waals surface area contributed by atoms with Gasteiger partial charge in [0.1, 0.15) is 11.9 Å². The fourth-order valence-corrected chi connectivity index (χ4v) is 2.06. The second-order valence-electron chi connectivity index (χ2n) is 3.71. The summed E-state index contributed by atoms with van der Waals surface area (Å²) < 4.78 is 10.7. The van der Waals surface area contributed by atoms with Crippen LogP contribution in [0.1, 0.15) is 17.2 Å². The topological polar surface area (TPSA) is 47.6 Å². The highest BCUT2D eigenvalue weighted by molar-refractivity contribution is 5.70. The van der Waals surface area contributed by atoms with E-state index in [1.165, 1.54) is 5.56 Å². The molecule has 2 aliphatic heterocycles. The summed E-state index contributed by atoms with van der Waals surface area (Å²) in [7, 11) is 0. The third kappa shape index (κ3) is 1.33. The quantitative estimate of drug-likeness (QED) is 0.753. The largest absolute Gasteiger partial charge is 0.493 e. The van der Waals surface area contributed by atoms with E-state index in [0.29, 0.717) is 6.54 Å². The third-order valence-corrected chi connectivity index (χ3v) is 2.77. The maximum Gasteiger partial charge on any atom is 0.407 e. The van der Waals surface area contributed by atoms with Crippen molar-refractivity contribution < 1.29 is 14.3 Å². The van der Waals surface area contributed by atoms with E-state index in [2.05, 4.69) is 11.4 Å². The molecule has 0 aliphatic carbocycles. The zero-order valence-corrected chi connectivity index (χ0v) is 8.16. The summed E-state index contributed by atoms with van der Waals surface area (Å²) >= 11 is 0. The van der Waals surface area contributed by atoms with Gasteiger partial charge in [-0.2, -0.15) is 0 Å². The van der Waals surface area contributed by atoms with Gasteiger partial charge in [0, 0.05) is 12.0 Å². The van der Waals surface area contributed by atoms with Crippen molar-refractivity contribution in [2.24, 2.45) is 0 Å². The number of carbonyl (C=O) groups excluding carboxylic acids is 1. The molecule has 2 heterocycles. The van der Waals surface area contributed by atoms with E-state index in [1.807, 2.05) is 12.1 Å². The molecule has 4 heteroatoms. The lowest BCUT2D eigenvalue weighted by Gasteiger charge is -2.12. The average Bonchev–Trinajstić information content (AvgIpc) is 2.84. The maximum atomic E-state index is 11.0. The van der Waals surface area contributed by atoms with Gasteiger partial charge in [0.25, 0.3) is 0 Å². The van der Waals surface area contributed by atoms with Gasteiger partial charge in [-0.1, -0.05) is 18.2 Å². The molecule has 0 saturated carbocycles. The summed E-state index contributed by atoms with van der Waals surface area (Å²) in [6, 6.07) is 5.99. The lowest BCUT2D eigenvalue weighted by atomic mass is 10.0. The van der Waals surface area contributed by atoms with Crippen LogP contribution in [0.5, 0.6) is 5.75 Å². The SMILES string of the molecule is O=C1NCC(c2cccc3c2OCC3)O1. The second-order valence-corrected chi connectivity index (χ2v) is 3.71. The van der Waals surface area contributed by atoms with Gasteiger partial charge in [-0.15, -0.1) is 0 Å². The van der Waals surface area contributed by atoms with Crippen LogP contribution >= 0.6 is 0 Å². The normalized spacial score (nSPS) is 22.9. The summed E-state index contributed by atoms with van der Waals surface area (Å²) in [5, 5.41) is 2.64. The monoisotopic (exact) mass is 205 g/mol. The van der Waals surface area contributed by atoms with Gasteiger partial charge in [0.2, 0.25) is 0 Å². The smallest absolute Gasteiger partial charge is 0.407 e. The Balaban J connectivity index is 1.98. The first-order chi connectivity index (χ1) is 7.34. The molecule has 0 aromatic heterocycles. The molecule has 1 atom stereocenters. The van der Waals surface area contributed by atoms with Crippen molar-refractivity contribution in [3.05, 3.63) is 29.3 Å². The highest BCUT2D eigenvalue weighted by Gasteiger charge is 2.29. The zero-order chi connectivity index (χ0) is 10.3. The van der Waals surface area contributed by atoms with Gasteiger partial charge in [0.15, 0.2) is 0 Å². The molecule has 1 N–H and O–H groups in total. The van der Waals surface area contributed by atoms with E-state index >= 15 is 0 Å². The first-order valence-electron chi connectivity index (χ1n) is 5.03. The van der Waals surface area contributed by atoms with E-state index in [-0.39, 0.29) is 12.2 Å². The minimum Gasteiger partial charge on any atom is -0.493 e. The van der Waals surface area contributed by atoms with Crippen molar-refractivity contribution in [2.45, 2.75) is 12.5 Å². The average molecular weight is 205 g/mol. The van der Waals surface area contributed by atoms with Crippen LogP contribution in [0.4, 0.5) is 4.79 Å². The molecule has 0 bridgehead atoms. The Kier molecular flexibility index (Phi) is 1.80. The predicted molar refractivity (Wildman–Crippen MR) is 52.9 cm³/mol. The predicted octanol–water partition coefficient (Wildman–Crippen LogP) is 1.40. The molecule has 1 fully saturated rings. The number of rotatable bonds is 1. The summed E-state index contributed by atoms with van der Waals surface area (Å²) in [6.07, 6.45) is 0.387. The Bertz CT molecular complexity index is 416. The molecule has 1 saturated heterocycles. The number of cyclic esters (lactones) is 1. The van der Waals surface area contributed by atoms with Crippen molar-refractivity contribution in [1.82, 2.24) is 5.32 Å². The lowest BCUT2D eigenvalue weighted by Crippen LogP contribution is -2.12. The standard InChI is InChI=1S/C11H11NO3/c13-11-12-6-9(15-11)8-3-1-2-7-4-5-14-10(7)8/h1-3,9H,4-6H2,(H,12,13). The Morgan fingerprint density at radius 1 is 1.40 bits per heavy atom. The van der Waals surface area contributed by atoms with Crippen molar-refractivity contribution in [3.63, 3.8) is 0 Å². The summed E-state index contributed by atoms with van der Waals surface area (Å²) in [6.45, 7) is 1.25. The van der Waals surface area contributed by atoms with E-state index in [4.69, 9.17) is 9.47 Å². The molecule has 1 amide bonds. The van der Waals surface area contributed by atoms with Crippen LogP contribution in [-0.2, 0) is 11.2 Å². The molecule has 78 valence electrons. The first kappa shape index (κ1) is 8.59. The lowest BCUT2D eigenvalue weighted by molar-refractivity contribution is 0.139. The van der Waals surface area contributed by atoms with Gasteiger partial charge >= 0.3 is 6.09 Å². The number of benzene rings is 1. The third-order valence-electron chi connectivity index (χ3n) is 2.77. The van der Waals surface area contributed by atoms with Crippen molar-refractivity contribution >= 4 is 6.09 Å². The van der Waals surface area contributed by atoms with E-state index in [9.17, 15) is 4.79 Å². The summed E-state index contributed by atoms with van der Waals surface area (Å²) in [5.74, 6) is 0.902. The fourth-order valence-electron chi connectivity index (χ4n) is 2.06. The molecular weight excluding hydrogens is 194 g/mol. The van der Waals surface area contributed by atoms with Gasteiger partial charge < -0.3 is 14.8 Å². The number of carbonyl (C=O) groups is 1. The highest BCUT2D eigenvalue weighted by atomic mass is 16.6. The minimum atomic E-state index is -0.351. The Morgan fingerprint density at radius 2 is 2.33 bits per heavy atom. The molecule has 3 rings (SSSR count). The number of fused-ring (bicyclic) bond motifs is 1. The Morgan fingerprint density at radius 3 is 3.13 bits per heavy atom. The minimum absolute atomic E-state index is 0.203. The van der Waals surface area contributed by atoms with Crippen LogP contribution in [0.15, 0.2) is 18.2 Å². The molecule has 0 spiro atoms. The van der Waals surface area contributed by atoms with Crippen molar-refractivity contribution in [1.29, 1.82) is 0 Å². The molecule has 0 radical (unpaired) electrons. The zero-order valence-electron chi connectivity index (χ0n) is 8.16. The van der Waals surface area contributed by atoms with E-state index in [1.54, 1.807) is 0 Å². The number of alkyl carbamates (subject to hydrolysis) is 1. The van der Waals surface area contributed by atoms with Gasteiger partial charge in [0.05, 0.1) is 13.2 Å². The van der Waals surface area contributed by atoms with Crippen LogP contribution in [0, 0.1) is 0 Å². The maximum absolute atomic E-state index is 11.0. The highest BCUT2D eigenvalue weighted by Crippen LogP contribution is 2.35. The molecule has 1 aromatic carbocycles. The first-order valence-corrected chi connectivity index (χ1v) is 5.03. The van der Waals surface area contributed by atoms with Crippen LogP contribution in [0.25, 0.3) is 0 Å². The number of hydrogen-bond acceptors (Lipinski definition) is 3. The van der Waals surface area contributed by atoms with E-state index < -0.39 is 0 Å². The molecular formula is C11H11NO3. The van der Waals surface area contributed by atoms with Crippen molar-refractivity contribution in [2.75, 3.05) is 13.2 Å². The van der Waals surface area contributed by atoms with Crippen LogP contribution in [0.3, 0.4) is 0 Å². The van der Waals surface area contributed by atoms with E-state index in [0.717, 1.165) is 24.3 Å². The number of ether oxygens (including phenoxy) is 2. The van der Waals surface area contributed by atoms with Crippen molar-refractivity contribution in [3.8, 4) is 5.75 Å². The van der Waals surface area contributed by atoms with Gasteiger partial charge in [-0.25, -0.2) is 4.79 Å². The van der Waals surface area contributed by atoms with Crippen LogP contribution in [-0.4, -0.2) is 19.2 Å². The number of hydrogen-bond donors (Lipinski definition) is 1. The van der Waals surface area contributed by atoms with Crippen LogP contribution < -0.4 is 10.1 Å². The van der Waals surface area contributed by atoms with Crippen LogP contribution in [0.2, 0.25) is 0 Å². The second kappa shape index (κ2) is 3.15. The number of para-hydroxylation sites is 1.